The topological polar surface area (TPSA) is 62.5 Å². The van der Waals surface area contributed by atoms with Crippen molar-refractivity contribution in [3.63, 3.8) is 0 Å². The Morgan fingerprint density at radius 3 is 2.77 bits per heavy atom. The van der Waals surface area contributed by atoms with Gasteiger partial charge in [-0.25, -0.2) is 9.50 Å². The Bertz CT molecular complexity index is 602. The summed E-state index contributed by atoms with van der Waals surface area (Å²) in [4.78, 5) is 4.50. The Balaban J connectivity index is 2.08. The van der Waals surface area contributed by atoms with Crippen LogP contribution in [0.5, 0.6) is 0 Å². The van der Waals surface area contributed by atoms with Crippen molar-refractivity contribution in [3.05, 3.63) is 29.2 Å². The third kappa shape index (κ3) is 3.84. The van der Waals surface area contributed by atoms with Crippen molar-refractivity contribution in [1.82, 2.24) is 19.9 Å². The van der Waals surface area contributed by atoms with Gasteiger partial charge in [0.25, 0.3) is 0 Å². The predicted molar refractivity (Wildman–Crippen MR) is 89.0 cm³/mol. The quantitative estimate of drug-likeness (QED) is 0.787. The molecule has 122 valence electrons. The first-order chi connectivity index (χ1) is 10.6. The average molecular weight is 304 g/mol. The summed E-state index contributed by atoms with van der Waals surface area (Å²) >= 11 is 0. The number of nitrogens with one attached hydrogen (secondary N) is 1. The molecule has 2 atom stereocenters. The van der Waals surface area contributed by atoms with E-state index in [0.29, 0.717) is 5.92 Å². The number of aromatic nitrogens is 3. The van der Waals surface area contributed by atoms with E-state index in [-0.39, 0.29) is 12.6 Å². The highest BCUT2D eigenvalue weighted by Crippen LogP contribution is 2.19. The smallest absolute Gasteiger partial charge is 0.155 e. The highest BCUT2D eigenvalue weighted by Gasteiger charge is 2.15. The van der Waals surface area contributed by atoms with Gasteiger partial charge in [-0.2, -0.15) is 5.10 Å². The molecular weight excluding hydrogens is 276 g/mol. The maximum absolute atomic E-state index is 9.16. The van der Waals surface area contributed by atoms with E-state index in [1.54, 1.807) is 0 Å². The molecule has 2 aromatic heterocycles. The van der Waals surface area contributed by atoms with E-state index in [2.05, 4.69) is 36.2 Å². The first-order valence-corrected chi connectivity index (χ1v) is 8.22. The minimum absolute atomic E-state index is 0.222. The summed E-state index contributed by atoms with van der Waals surface area (Å²) in [6.07, 6.45) is 5.11. The Labute approximate surface area is 132 Å². The van der Waals surface area contributed by atoms with Gasteiger partial charge in [0, 0.05) is 36.2 Å². The lowest BCUT2D eigenvalue weighted by atomic mass is 9.99. The van der Waals surface area contributed by atoms with Crippen LogP contribution in [-0.2, 0) is 0 Å². The van der Waals surface area contributed by atoms with E-state index in [1.807, 2.05) is 23.7 Å². The lowest BCUT2D eigenvalue weighted by molar-refractivity contribution is 0.245. The molecule has 0 aromatic carbocycles. The fourth-order valence-corrected chi connectivity index (χ4v) is 2.99. The summed E-state index contributed by atoms with van der Waals surface area (Å²) < 4.78 is 1.92. The number of fused-ring (bicyclic) bond motifs is 1. The van der Waals surface area contributed by atoms with Gasteiger partial charge in [0.05, 0.1) is 5.69 Å². The van der Waals surface area contributed by atoms with Crippen LogP contribution in [0.1, 0.15) is 56.1 Å². The molecule has 5 nitrogen and oxygen atoms in total. The summed E-state index contributed by atoms with van der Waals surface area (Å²) in [6, 6.07) is 2.22. The minimum atomic E-state index is 0.222. The van der Waals surface area contributed by atoms with Gasteiger partial charge in [-0.3, -0.25) is 0 Å². The second-order valence-corrected chi connectivity index (χ2v) is 6.15. The summed E-state index contributed by atoms with van der Waals surface area (Å²) in [5.74, 6) is 0.529. The fraction of sp³-hybridized carbons (Fsp3) is 0.647. The number of nitrogens with zero attached hydrogens (tertiary/aromatic N) is 3. The molecule has 2 heterocycles. The summed E-state index contributed by atoms with van der Waals surface area (Å²) in [6.45, 7) is 9.61. The number of aryl methyl sites for hydroxylation is 2. The Morgan fingerprint density at radius 1 is 1.32 bits per heavy atom. The van der Waals surface area contributed by atoms with Gasteiger partial charge >= 0.3 is 0 Å². The van der Waals surface area contributed by atoms with Crippen LogP contribution < -0.4 is 5.32 Å². The van der Waals surface area contributed by atoms with Crippen molar-refractivity contribution in [2.75, 3.05) is 13.2 Å². The van der Waals surface area contributed by atoms with Crippen molar-refractivity contribution >= 4 is 5.65 Å². The van der Waals surface area contributed by atoms with Crippen LogP contribution in [0.25, 0.3) is 5.65 Å². The van der Waals surface area contributed by atoms with Crippen molar-refractivity contribution in [2.45, 2.75) is 53.0 Å². The van der Waals surface area contributed by atoms with Crippen molar-refractivity contribution in [2.24, 2.45) is 5.92 Å². The van der Waals surface area contributed by atoms with Gasteiger partial charge in [0.1, 0.15) is 0 Å². The van der Waals surface area contributed by atoms with E-state index in [4.69, 9.17) is 5.11 Å². The van der Waals surface area contributed by atoms with E-state index < -0.39 is 0 Å². The van der Waals surface area contributed by atoms with Crippen LogP contribution in [0.4, 0.5) is 0 Å². The van der Waals surface area contributed by atoms with E-state index in [9.17, 15) is 0 Å². The van der Waals surface area contributed by atoms with Crippen LogP contribution in [0.15, 0.2) is 12.3 Å². The van der Waals surface area contributed by atoms with Gasteiger partial charge in [-0.15, -0.1) is 0 Å². The molecule has 2 aromatic rings. The molecule has 5 heteroatoms. The Morgan fingerprint density at radius 2 is 2.09 bits per heavy atom. The maximum atomic E-state index is 9.16. The van der Waals surface area contributed by atoms with Crippen molar-refractivity contribution in [1.29, 1.82) is 0 Å². The number of hydrogen-bond donors (Lipinski definition) is 2. The summed E-state index contributed by atoms with van der Waals surface area (Å²) in [7, 11) is 0. The molecular formula is C17H28N4O. The molecule has 0 saturated carbocycles. The molecule has 0 radical (unpaired) electrons. The zero-order valence-electron chi connectivity index (χ0n) is 14.1. The van der Waals surface area contributed by atoms with Gasteiger partial charge < -0.3 is 10.4 Å². The normalized spacial score (nSPS) is 14.4. The van der Waals surface area contributed by atoms with Gasteiger partial charge in [-0.1, -0.05) is 13.3 Å². The molecule has 0 bridgehead atoms. The third-order valence-electron chi connectivity index (χ3n) is 4.30. The fourth-order valence-electron chi connectivity index (χ4n) is 2.99. The molecule has 0 aliphatic carbocycles. The average Bonchev–Trinajstić information content (AvgIpc) is 2.87. The number of rotatable bonds is 8. The molecule has 0 aliphatic rings. The SMILES string of the molecule is CCCC(CCO)CNC(C)c1cnc2cc(C)nn2c1C. The Kier molecular flexibility index (Phi) is 5.91. The van der Waals surface area contributed by atoms with Crippen LogP contribution >= 0.6 is 0 Å². The van der Waals surface area contributed by atoms with Crippen molar-refractivity contribution < 1.29 is 5.11 Å². The molecule has 0 saturated heterocycles. The van der Waals surface area contributed by atoms with Crippen molar-refractivity contribution in [3.8, 4) is 0 Å². The largest absolute Gasteiger partial charge is 0.396 e. The molecule has 0 amide bonds. The lowest BCUT2D eigenvalue weighted by Crippen LogP contribution is -2.27. The molecule has 2 unspecified atom stereocenters. The molecule has 0 spiro atoms. The van der Waals surface area contributed by atoms with Crippen LogP contribution in [0.2, 0.25) is 0 Å². The number of aliphatic hydroxyl groups excluding tert-OH is 1. The summed E-state index contributed by atoms with van der Waals surface area (Å²) in [5, 5.41) is 17.3. The third-order valence-corrected chi connectivity index (χ3v) is 4.30. The van der Waals surface area contributed by atoms with E-state index in [1.165, 1.54) is 5.56 Å². The number of hydrogen-bond acceptors (Lipinski definition) is 4. The number of aliphatic hydroxyl groups is 1. The molecule has 0 fully saturated rings. The highest BCUT2D eigenvalue weighted by atomic mass is 16.3. The molecule has 0 aliphatic heterocycles. The van der Waals surface area contributed by atoms with Crippen LogP contribution in [0.3, 0.4) is 0 Å². The minimum Gasteiger partial charge on any atom is -0.396 e. The monoisotopic (exact) mass is 304 g/mol. The van der Waals surface area contributed by atoms with Crippen LogP contribution in [0, 0.1) is 19.8 Å². The van der Waals surface area contributed by atoms with Gasteiger partial charge in [0.2, 0.25) is 0 Å². The summed E-state index contributed by atoms with van der Waals surface area (Å²) in [5.41, 5.74) is 4.19. The van der Waals surface area contributed by atoms with Gasteiger partial charge in [-0.05, 0) is 46.1 Å². The molecule has 2 rings (SSSR count). The van der Waals surface area contributed by atoms with E-state index in [0.717, 1.165) is 42.8 Å². The van der Waals surface area contributed by atoms with Crippen LogP contribution in [-0.4, -0.2) is 32.9 Å². The van der Waals surface area contributed by atoms with E-state index >= 15 is 0 Å². The maximum Gasteiger partial charge on any atom is 0.155 e. The predicted octanol–water partition coefficient (Wildman–Crippen LogP) is 2.80. The second kappa shape index (κ2) is 7.70. The lowest BCUT2D eigenvalue weighted by Gasteiger charge is -2.21. The van der Waals surface area contributed by atoms with Gasteiger partial charge in [0.15, 0.2) is 5.65 Å². The molecule has 2 N–H and O–H groups in total. The zero-order valence-corrected chi connectivity index (χ0v) is 14.1. The second-order valence-electron chi connectivity index (χ2n) is 6.15. The zero-order chi connectivity index (χ0) is 16.1. The standard InChI is InChI=1S/C17H28N4O/c1-5-6-15(7-8-22)10-18-13(3)16-11-19-17-9-12(2)20-21(17)14(16)4/h9,11,13,15,18,22H,5-8,10H2,1-4H3. The highest BCUT2D eigenvalue weighted by molar-refractivity contribution is 5.42. The Hall–Kier alpha value is -1.46. The first kappa shape index (κ1) is 16.9. The first-order valence-electron chi connectivity index (χ1n) is 8.22. The molecule has 22 heavy (non-hydrogen) atoms.